The predicted octanol–water partition coefficient (Wildman–Crippen LogP) is 5.03. The smallest absolute Gasteiger partial charge is 0.0297 e. The van der Waals surface area contributed by atoms with Gasteiger partial charge in [0.15, 0.2) is 0 Å². The zero-order chi connectivity index (χ0) is 10.6. The van der Waals surface area contributed by atoms with Crippen LogP contribution in [-0.4, -0.2) is 0 Å². The third-order valence-electron chi connectivity index (χ3n) is 4.67. The topological polar surface area (TPSA) is 0 Å². The van der Waals surface area contributed by atoms with E-state index in [-0.39, 0.29) is 0 Å². The van der Waals surface area contributed by atoms with Crippen molar-refractivity contribution in [3.8, 4) is 0 Å². The van der Waals surface area contributed by atoms with Crippen molar-refractivity contribution in [3.05, 3.63) is 0 Å². The van der Waals surface area contributed by atoms with Crippen LogP contribution in [0.15, 0.2) is 0 Å². The second-order valence-electron chi connectivity index (χ2n) is 5.52. The summed E-state index contributed by atoms with van der Waals surface area (Å²) in [4.78, 5) is 0. The van der Waals surface area contributed by atoms with E-state index in [0.717, 1.165) is 17.3 Å². The van der Waals surface area contributed by atoms with Gasteiger partial charge in [-0.15, -0.1) is 0 Å². The van der Waals surface area contributed by atoms with Gasteiger partial charge in [-0.05, 0) is 30.1 Å². The van der Waals surface area contributed by atoms with Gasteiger partial charge in [-0.3, -0.25) is 0 Å². The first-order valence-corrected chi connectivity index (χ1v) is 6.66. The van der Waals surface area contributed by atoms with Crippen molar-refractivity contribution in [2.45, 2.75) is 72.6 Å². The molecule has 1 rings (SSSR count). The lowest BCUT2D eigenvalue weighted by atomic mass is 9.94. The van der Waals surface area contributed by atoms with E-state index in [9.17, 15) is 0 Å². The molecule has 0 aromatic rings. The number of rotatable bonds is 7. The molecule has 0 amide bonds. The Morgan fingerprint density at radius 1 is 1.21 bits per heavy atom. The highest BCUT2D eigenvalue weighted by molar-refractivity contribution is 4.97. The summed E-state index contributed by atoms with van der Waals surface area (Å²) in [6.07, 6.45) is 10.1. The molecule has 0 N–H and O–H groups in total. The zero-order valence-corrected chi connectivity index (χ0v) is 10.6. The molecule has 0 aromatic carbocycles. The maximum Gasteiger partial charge on any atom is -0.0297 e. The molecule has 14 heavy (non-hydrogen) atoms. The summed E-state index contributed by atoms with van der Waals surface area (Å²) in [6, 6.07) is 0. The van der Waals surface area contributed by atoms with Crippen LogP contribution in [-0.2, 0) is 0 Å². The summed E-state index contributed by atoms with van der Waals surface area (Å²) in [5, 5.41) is 0. The van der Waals surface area contributed by atoms with Gasteiger partial charge in [0.25, 0.3) is 0 Å². The van der Waals surface area contributed by atoms with Gasteiger partial charge >= 0.3 is 0 Å². The summed E-state index contributed by atoms with van der Waals surface area (Å²) in [6.45, 7) is 9.48. The van der Waals surface area contributed by atoms with Crippen LogP contribution in [0.2, 0.25) is 0 Å². The second-order valence-corrected chi connectivity index (χ2v) is 5.52. The van der Waals surface area contributed by atoms with E-state index in [1.54, 1.807) is 0 Å². The largest absolute Gasteiger partial charge is 0.0651 e. The van der Waals surface area contributed by atoms with Crippen LogP contribution >= 0.6 is 0 Å². The average molecular weight is 196 g/mol. The maximum atomic E-state index is 2.47. The van der Waals surface area contributed by atoms with E-state index >= 15 is 0 Å². The molecule has 1 aliphatic carbocycles. The average Bonchev–Trinajstić information content (AvgIpc) is 2.86. The van der Waals surface area contributed by atoms with Gasteiger partial charge in [0.2, 0.25) is 0 Å². The van der Waals surface area contributed by atoms with E-state index in [1.807, 2.05) is 0 Å². The van der Waals surface area contributed by atoms with Gasteiger partial charge in [-0.1, -0.05) is 59.8 Å². The highest BCUT2D eigenvalue weighted by Crippen LogP contribution is 2.57. The van der Waals surface area contributed by atoms with E-state index in [0.29, 0.717) is 0 Å². The van der Waals surface area contributed by atoms with Crippen LogP contribution in [0.25, 0.3) is 0 Å². The van der Waals surface area contributed by atoms with Gasteiger partial charge < -0.3 is 0 Å². The zero-order valence-electron chi connectivity index (χ0n) is 10.6. The highest BCUT2D eigenvalue weighted by atomic mass is 14.5. The molecule has 0 radical (unpaired) electrons. The Labute approximate surface area is 90.5 Å². The minimum atomic E-state index is 0.744. The standard InChI is InChI=1S/C14H28/c1-5-12(6-2)9-8-10-13-11-14(13,4)7-3/h12-13H,5-11H2,1-4H3. The Hall–Kier alpha value is 0. The summed E-state index contributed by atoms with van der Waals surface area (Å²) in [5.41, 5.74) is 0.744. The molecule has 0 spiro atoms. The van der Waals surface area contributed by atoms with E-state index in [2.05, 4.69) is 27.7 Å². The van der Waals surface area contributed by atoms with E-state index in [1.165, 1.54) is 44.9 Å². The lowest BCUT2D eigenvalue weighted by molar-refractivity contribution is 0.402. The number of hydrogen-bond donors (Lipinski definition) is 0. The molecule has 0 bridgehead atoms. The third kappa shape index (κ3) is 3.00. The summed E-state index contributed by atoms with van der Waals surface area (Å²) >= 11 is 0. The minimum absolute atomic E-state index is 0.744. The van der Waals surface area contributed by atoms with Crippen molar-refractivity contribution >= 4 is 0 Å². The summed E-state index contributed by atoms with van der Waals surface area (Å²) < 4.78 is 0. The molecule has 2 atom stereocenters. The Bertz CT molecular complexity index is 157. The molecule has 2 unspecified atom stereocenters. The van der Waals surface area contributed by atoms with E-state index in [4.69, 9.17) is 0 Å². The molecule has 0 aliphatic heterocycles. The van der Waals surface area contributed by atoms with Crippen LogP contribution in [0.5, 0.6) is 0 Å². The molecular formula is C14H28. The van der Waals surface area contributed by atoms with Crippen LogP contribution < -0.4 is 0 Å². The Kier molecular flexibility index (Phi) is 4.47. The lowest BCUT2D eigenvalue weighted by Gasteiger charge is -2.12. The van der Waals surface area contributed by atoms with Crippen LogP contribution in [0.3, 0.4) is 0 Å². The third-order valence-corrected chi connectivity index (χ3v) is 4.67. The first-order valence-electron chi connectivity index (χ1n) is 6.66. The number of hydrogen-bond acceptors (Lipinski definition) is 0. The van der Waals surface area contributed by atoms with Crippen LogP contribution in [0.1, 0.15) is 72.6 Å². The highest BCUT2D eigenvalue weighted by Gasteiger charge is 2.47. The van der Waals surface area contributed by atoms with Gasteiger partial charge in [0.05, 0.1) is 0 Å². The second kappa shape index (κ2) is 5.19. The lowest BCUT2D eigenvalue weighted by Crippen LogP contribution is -1.99. The molecule has 0 nitrogen and oxygen atoms in total. The van der Waals surface area contributed by atoms with Gasteiger partial charge in [-0.25, -0.2) is 0 Å². The van der Waals surface area contributed by atoms with Gasteiger partial charge in [0.1, 0.15) is 0 Å². The molecule has 0 heteroatoms. The fourth-order valence-electron chi connectivity index (χ4n) is 2.74. The van der Waals surface area contributed by atoms with E-state index < -0.39 is 0 Å². The van der Waals surface area contributed by atoms with Gasteiger partial charge in [0, 0.05) is 0 Å². The molecule has 84 valence electrons. The monoisotopic (exact) mass is 196 g/mol. The van der Waals surface area contributed by atoms with Crippen molar-refractivity contribution in [2.75, 3.05) is 0 Å². The van der Waals surface area contributed by atoms with Crippen molar-refractivity contribution in [1.82, 2.24) is 0 Å². The minimum Gasteiger partial charge on any atom is -0.0651 e. The Balaban J connectivity index is 2.06. The molecule has 1 saturated carbocycles. The summed E-state index contributed by atoms with van der Waals surface area (Å²) in [7, 11) is 0. The Morgan fingerprint density at radius 2 is 1.86 bits per heavy atom. The maximum absolute atomic E-state index is 2.47. The quantitative estimate of drug-likeness (QED) is 0.536. The predicted molar refractivity (Wildman–Crippen MR) is 64.4 cm³/mol. The summed E-state index contributed by atoms with van der Waals surface area (Å²) in [5.74, 6) is 2.07. The van der Waals surface area contributed by atoms with Crippen molar-refractivity contribution in [1.29, 1.82) is 0 Å². The molecular weight excluding hydrogens is 168 g/mol. The van der Waals surface area contributed by atoms with Gasteiger partial charge in [-0.2, -0.15) is 0 Å². The normalized spacial score (nSPS) is 31.1. The first kappa shape index (κ1) is 12.1. The van der Waals surface area contributed by atoms with Crippen molar-refractivity contribution in [3.63, 3.8) is 0 Å². The molecule has 0 saturated heterocycles. The van der Waals surface area contributed by atoms with Crippen LogP contribution in [0, 0.1) is 17.3 Å². The molecule has 0 heterocycles. The molecule has 1 fully saturated rings. The first-order chi connectivity index (χ1) is 6.66. The van der Waals surface area contributed by atoms with Crippen molar-refractivity contribution < 1.29 is 0 Å². The molecule has 0 aromatic heterocycles. The Morgan fingerprint density at radius 3 is 2.29 bits per heavy atom. The fourth-order valence-corrected chi connectivity index (χ4v) is 2.74. The molecule has 1 aliphatic rings. The van der Waals surface area contributed by atoms with Crippen LogP contribution in [0.4, 0.5) is 0 Å². The van der Waals surface area contributed by atoms with Crippen molar-refractivity contribution in [2.24, 2.45) is 17.3 Å². The fraction of sp³-hybridized carbons (Fsp3) is 1.00. The SMILES string of the molecule is CCC(CC)CCCC1CC1(C)CC.